The van der Waals surface area contributed by atoms with Gasteiger partial charge in [-0.05, 0) is 50.1 Å². The standard InChI is InChI=1S/C22H31N3O3S.HI/c1-5-23-22(25(3)16-17-28-20-10-6-18(2)7-11-20)24-15-14-19-8-12-21(13-9-19)29(4,26)27;/h6-13H,5,14-17H2,1-4H3,(H,23,24);1H. The fourth-order valence-corrected chi connectivity index (χ4v) is 3.34. The molecule has 0 atom stereocenters. The number of benzene rings is 2. The number of hydrogen-bond donors (Lipinski definition) is 1. The Bertz CT molecular complexity index is 898. The van der Waals surface area contributed by atoms with Crippen LogP contribution in [0.15, 0.2) is 58.4 Å². The molecule has 0 unspecified atom stereocenters. The minimum atomic E-state index is -3.16. The molecule has 30 heavy (non-hydrogen) atoms. The first-order valence-electron chi connectivity index (χ1n) is 9.77. The van der Waals surface area contributed by atoms with E-state index in [-0.39, 0.29) is 24.0 Å². The summed E-state index contributed by atoms with van der Waals surface area (Å²) in [6.45, 7) is 6.77. The molecule has 0 aliphatic rings. The molecule has 166 valence electrons. The number of hydrogen-bond acceptors (Lipinski definition) is 4. The average molecular weight is 545 g/mol. The summed E-state index contributed by atoms with van der Waals surface area (Å²) in [5.41, 5.74) is 2.27. The zero-order valence-electron chi connectivity index (χ0n) is 18.1. The van der Waals surface area contributed by atoms with E-state index in [1.54, 1.807) is 12.1 Å². The Balaban J connectivity index is 0.00000450. The van der Waals surface area contributed by atoms with Gasteiger partial charge < -0.3 is 15.0 Å². The normalized spacial score (nSPS) is 11.5. The van der Waals surface area contributed by atoms with Crippen molar-refractivity contribution in [3.8, 4) is 5.75 Å². The molecular formula is C22H32IN3O3S. The van der Waals surface area contributed by atoms with Crippen molar-refractivity contribution in [2.24, 2.45) is 4.99 Å². The number of guanidine groups is 1. The lowest BCUT2D eigenvalue weighted by Gasteiger charge is -2.22. The molecule has 0 aliphatic heterocycles. The van der Waals surface area contributed by atoms with E-state index >= 15 is 0 Å². The molecular weight excluding hydrogens is 513 g/mol. The molecule has 2 rings (SSSR count). The van der Waals surface area contributed by atoms with Gasteiger partial charge >= 0.3 is 0 Å². The van der Waals surface area contributed by atoms with Crippen LogP contribution in [0.2, 0.25) is 0 Å². The van der Waals surface area contributed by atoms with Crippen LogP contribution in [0.4, 0.5) is 0 Å². The van der Waals surface area contributed by atoms with Crippen LogP contribution in [0.5, 0.6) is 5.75 Å². The third-order valence-corrected chi connectivity index (χ3v) is 5.55. The second kappa shape index (κ2) is 12.8. The predicted octanol–water partition coefficient (Wildman–Crippen LogP) is 3.54. The Kier molecular flexibility index (Phi) is 11.2. The number of nitrogens with one attached hydrogen (secondary N) is 1. The van der Waals surface area contributed by atoms with Crippen LogP contribution < -0.4 is 10.1 Å². The van der Waals surface area contributed by atoms with Gasteiger partial charge in [0.25, 0.3) is 0 Å². The smallest absolute Gasteiger partial charge is 0.193 e. The lowest BCUT2D eigenvalue weighted by Crippen LogP contribution is -2.41. The van der Waals surface area contributed by atoms with Crippen LogP contribution >= 0.6 is 24.0 Å². The van der Waals surface area contributed by atoms with Crippen molar-refractivity contribution in [2.75, 3.05) is 39.5 Å². The number of sulfone groups is 1. The van der Waals surface area contributed by atoms with Gasteiger partial charge in [0.2, 0.25) is 0 Å². The number of aryl methyl sites for hydroxylation is 1. The molecule has 2 aromatic rings. The van der Waals surface area contributed by atoms with Crippen LogP contribution in [0.1, 0.15) is 18.1 Å². The topological polar surface area (TPSA) is 71.0 Å². The fourth-order valence-electron chi connectivity index (χ4n) is 2.70. The van der Waals surface area contributed by atoms with E-state index in [9.17, 15) is 8.42 Å². The molecule has 0 saturated heterocycles. The summed E-state index contributed by atoms with van der Waals surface area (Å²) in [6.07, 6.45) is 1.96. The quantitative estimate of drug-likeness (QED) is 0.297. The highest BCUT2D eigenvalue weighted by atomic mass is 127. The van der Waals surface area contributed by atoms with Crippen molar-refractivity contribution in [1.29, 1.82) is 0 Å². The molecule has 0 amide bonds. The molecule has 0 aromatic heterocycles. The van der Waals surface area contributed by atoms with E-state index in [0.29, 0.717) is 24.6 Å². The molecule has 0 bridgehead atoms. The Labute approximate surface area is 197 Å². The van der Waals surface area contributed by atoms with E-state index in [2.05, 4.69) is 17.2 Å². The third kappa shape index (κ3) is 8.91. The van der Waals surface area contributed by atoms with Crippen molar-refractivity contribution in [3.05, 3.63) is 59.7 Å². The maximum atomic E-state index is 11.5. The zero-order chi connectivity index (χ0) is 21.3. The molecule has 1 N–H and O–H groups in total. The summed E-state index contributed by atoms with van der Waals surface area (Å²) < 4.78 is 28.9. The number of rotatable bonds is 9. The van der Waals surface area contributed by atoms with E-state index in [1.165, 1.54) is 11.8 Å². The number of aliphatic imine (C=N–C) groups is 1. The Morgan fingerprint density at radius 3 is 2.30 bits per heavy atom. The SMILES string of the molecule is CCNC(=NCCc1ccc(S(C)(=O)=O)cc1)N(C)CCOc1ccc(C)cc1.I. The van der Waals surface area contributed by atoms with E-state index in [0.717, 1.165) is 30.2 Å². The fraction of sp³-hybridized carbons (Fsp3) is 0.409. The second-order valence-electron chi connectivity index (χ2n) is 6.98. The number of ether oxygens (including phenoxy) is 1. The van der Waals surface area contributed by atoms with Crippen molar-refractivity contribution < 1.29 is 13.2 Å². The molecule has 2 aromatic carbocycles. The average Bonchev–Trinajstić information content (AvgIpc) is 2.68. The van der Waals surface area contributed by atoms with Gasteiger partial charge in [0, 0.05) is 26.4 Å². The molecule has 8 heteroatoms. The second-order valence-corrected chi connectivity index (χ2v) is 9.00. The van der Waals surface area contributed by atoms with Crippen molar-refractivity contribution in [3.63, 3.8) is 0 Å². The summed E-state index contributed by atoms with van der Waals surface area (Å²) in [5.74, 6) is 1.69. The molecule has 6 nitrogen and oxygen atoms in total. The predicted molar refractivity (Wildman–Crippen MR) is 134 cm³/mol. The highest BCUT2D eigenvalue weighted by Gasteiger charge is 2.07. The lowest BCUT2D eigenvalue weighted by atomic mass is 10.1. The lowest BCUT2D eigenvalue weighted by molar-refractivity contribution is 0.281. The molecule has 0 aliphatic carbocycles. The molecule has 0 saturated carbocycles. The number of likely N-dealkylation sites (N-methyl/N-ethyl adjacent to an activating group) is 1. The summed E-state index contributed by atoms with van der Waals surface area (Å²) in [6, 6.07) is 15.0. The van der Waals surface area contributed by atoms with Crippen LogP contribution in [0.3, 0.4) is 0 Å². The first kappa shape index (κ1) is 26.2. The van der Waals surface area contributed by atoms with Crippen molar-refractivity contribution in [2.45, 2.75) is 25.2 Å². The van der Waals surface area contributed by atoms with Gasteiger partial charge in [-0.25, -0.2) is 8.42 Å². The van der Waals surface area contributed by atoms with E-state index in [1.807, 2.05) is 55.3 Å². The summed E-state index contributed by atoms with van der Waals surface area (Å²) in [7, 11) is -1.17. The van der Waals surface area contributed by atoms with Gasteiger partial charge in [0.1, 0.15) is 12.4 Å². The summed E-state index contributed by atoms with van der Waals surface area (Å²) in [5, 5.41) is 3.29. The minimum Gasteiger partial charge on any atom is -0.492 e. The third-order valence-electron chi connectivity index (χ3n) is 4.43. The van der Waals surface area contributed by atoms with Crippen molar-refractivity contribution in [1.82, 2.24) is 10.2 Å². The number of nitrogens with zero attached hydrogens (tertiary/aromatic N) is 2. The van der Waals surface area contributed by atoms with Gasteiger partial charge in [-0.15, -0.1) is 24.0 Å². The van der Waals surface area contributed by atoms with Gasteiger partial charge in [-0.2, -0.15) is 0 Å². The van der Waals surface area contributed by atoms with E-state index in [4.69, 9.17) is 4.74 Å². The van der Waals surface area contributed by atoms with Crippen LogP contribution in [-0.4, -0.2) is 58.8 Å². The Morgan fingerprint density at radius 2 is 1.73 bits per heavy atom. The van der Waals surface area contributed by atoms with Crippen LogP contribution in [0, 0.1) is 6.92 Å². The molecule has 0 fully saturated rings. The maximum Gasteiger partial charge on any atom is 0.193 e. The Morgan fingerprint density at radius 1 is 1.10 bits per heavy atom. The first-order chi connectivity index (χ1) is 13.8. The summed E-state index contributed by atoms with van der Waals surface area (Å²) in [4.78, 5) is 7.06. The van der Waals surface area contributed by atoms with Gasteiger partial charge in [0.15, 0.2) is 15.8 Å². The van der Waals surface area contributed by atoms with Gasteiger partial charge in [-0.1, -0.05) is 29.8 Å². The molecule has 0 radical (unpaired) electrons. The number of halogens is 1. The largest absolute Gasteiger partial charge is 0.492 e. The van der Waals surface area contributed by atoms with Crippen LogP contribution in [-0.2, 0) is 16.3 Å². The maximum absolute atomic E-state index is 11.5. The molecule has 0 spiro atoms. The van der Waals surface area contributed by atoms with Crippen LogP contribution in [0.25, 0.3) is 0 Å². The minimum absolute atomic E-state index is 0. The Hall–Kier alpha value is -1.81. The van der Waals surface area contributed by atoms with Crippen molar-refractivity contribution >= 4 is 39.8 Å². The highest BCUT2D eigenvalue weighted by Crippen LogP contribution is 2.12. The molecule has 0 heterocycles. The first-order valence-corrected chi connectivity index (χ1v) is 11.7. The summed E-state index contributed by atoms with van der Waals surface area (Å²) >= 11 is 0. The zero-order valence-corrected chi connectivity index (χ0v) is 21.2. The van der Waals surface area contributed by atoms with Gasteiger partial charge in [0.05, 0.1) is 11.4 Å². The highest BCUT2D eigenvalue weighted by molar-refractivity contribution is 14.0. The van der Waals surface area contributed by atoms with Gasteiger partial charge in [-0.3, -0.25) is 4.99 Å². The van der Waals surface area contributed by atoms with E-state index < -0.39 is 9.84 Å². The monoisotopic (exact) mass is 545 g/mol.